The molecule has 2 aliphatic rings. The van der Waals surface area contributed by atoms with Crippen molar-refractivity contribution in [3.05, 3.63) is 45.6 Å². The maximum absolute atomic E-state index is 13.8. The van der Waals surface area contributed by atoms with Gasteiger partial charge in [-0.2, -0.15) is 18.3 Å². The second kappa shape index (κ2) is 7.96. The van der Waals surface area contributed by atoms with Crippen molar-refractivity contribution in [2.75, 3.05) is 18.4 Å². The number of alkyl halides is 3. The Labute approximate surface area is 182 Å². The van der Waals surface area contributed by atoms with Gasteiger partial charge in [-0.05, 0) is 36.5 Å². The summed E-state index contributed by atoms with van der Waals surface area (Å²) in [6.07, 6.45) is -3.03. The first-order valence-corrected chi connectivity index (χ1v) is 10.6. The summed E-state index contributed by atoms with van der Waals surface area (Å²) in [7, 11) is 0. The molecule has 10 heteroatoms. The van der Waals surface area contributed by atoms with E-state index >= 15 is 0 Å². The van der Waals surface area contributed by atoms with E-state index in [2.05, 4.69) is 17.3 Å². The highest BCUT2D eigenvalue weighted by molar-refractivity contribution is 6.42. The Balaban J connectivity index is 1.64. The summed E-state index contributed by atoms with van der Waals surface area (Å²) < 4.78 is 42.4. The zero-order chi connectivity index (χ0) is 21.6. The van der Waals surface area contributed by atoms with Gasteiger partial charge in [0, 0.05) is 25.6 Å². The number of carbonyl (C=O) groups is 1. The van der Waals surface area contributed by atoms with Crippen molar-refractivity contribution in [2.45, 2.75) is 44.4 Å². The summed E-state index contributed by atoms with van der Waals surface area (Å²) >= 11 is 12.0. The van der Waals surface area contributed by atoms with Crippen molar-refractivity contribution >= 4 is 34.9 Å². The average molecular weight is 461 g/mol. The summed E-state index contributed by atoms with van der Waals surface area (Å²) in [6.45, 7) is 3.30. The normalized spacial score (nSPS) is 22.5. The van der Waals surface area contributed by atoms with Crippen LogP contribution in [0.5, 0.6) is 0 Å². The number of aromatic nitrogens is 2. The molecular weight excluding hydrogens is 440 g/mol. The third-order valence-corrected chi connectivity index (χ3v) is 6.56. The molecule has 30 heavy (non-hydrogen) atoms. The highest BCUT2D eigenvalue weighted by atomic mass is 35.5. The maximum atomic E-state index is 13.8. The first kappa shape index (κ1) is 21.3. The van der Waals surface area contributed by atoms with Gasteiger partial charge in [0.1, 0.15) is 5.82 Å². The van der Waals surface area contributed by atoms with Gasteiger partial charge in [0.05, 0.1) is 16.1 Å². The number of likely N-dealkylation sites (tertiary alicyclic amines) is 1. The number of halogens is 5. The van der Waals surface area contributed by atoms with Crippen LogP contribution in [0, 0.1) is 5.92 Å². The van der Waals surface area contributed by atoms with Crippen LogP contribution in [0.3, 0.4) is 0 Å². The molecule has 2 atom stereocenters. The molecule has 1 aromatic carbocycles. The predicted molar refractivity (Wildman–Crippen MR) is 109 cm³/mol. The summed E-state index contributed by atoms with van der Waals surface area (Å²) in [4.78, 5) is 14.5. The van der Waals surface area contributed by atoms with Crippen LogP contribution in [0.1, 0.15) is 54.3 Å². The molecule has 1 fully saturated rings. The van der Waals surface area contributed by atoms with E-state index in [0.717, 1.165) is 17.5 Å². The molecule has 0 radical (unpaired) electrons. The van der Waals surface area contributed by atoms with E-state index < -0.39 is 18.3 Å². The molecule has 2 aliphatic heterocycles. The predicted octanol–water partition coefficient (Wildman–Crippen LogP) is 5.72. The number of anilines is 1. The van der Waals surface area contributed by atoms with E-state index in [4.69, 9.17) is 23.2 Å². The van der Waals surface area contributed by atoms with Gasteiger partial charge < -0.3 is 10.2 Å². The fourth-order valence-corrected chi connectivity index (χ4v) is 4.31. The molecule has 162 valence electrons. The second-order valence-corrected chi connectivity index (χ2v) is 8.81. The minimum absolute atomic E-state index is 0.0242. The van der Waals surface area contributed by atoms with E-state index in [-0.39, 0.29) is 28.9 Å². The molecule has 1 aromatic heterocycles. The van der Waals surface area contributed by atoms with Crippen molar-refractivity contribution < 1.29 is 18.0 Å². The van der Waals surface area contributed by atoms with Gasteiger partial charge in [-0.1, -0.05) is 36.2 Å². The number of nitrogens with one attached hydrogen (secondary N) is 1. The SMILES string of the molecule is CC1CCN(C(=O)c2cc3n(n2)[C@@H](C(F)(F)F)C[C@H](c2ccc(Cl)c(Cl)c2)N3)CC1. The Hall–Kier alpha value is -1.93. The number of carbonyl (C=O) groups excluding carboxylic acids is 1. The minimum atomic E-state index is -4.52. The van der Waals surface area contributed by atoms with Gasteiger partial charge in [-0.3, -0.25) is 4.79 Å². The van der Waals surface area contributed by atoms with Crippen LogP contribution in [0.15, 0.2) is 24.3 Å². The Morgan fingerprint density at radius 2 is 1.87 bits per heavy atom. The third-order valence-electron chi connectivity index (χ3n) is 5.83. The maximum Gasteiger partial charge on any atom is 0.410 e. The van der Waals surface area contributed by atoms with Crippen LogP contribution in [-0.4, -0.2) is 39.9 Å². The standard InChI is InChI=1S/C20H21Cl2F3N4O/c1-11-4-6-28(7-5-11)19(30)16-10-18-26-15(12-2-3-13(21)14(22)8-12)9-17(20(23,24)25)29(18)27-16/h2-3,8,10-11,15,17,26H,4-7,9H2,1H3/t15-,17-/m1/s1. The molecule has 1 saturated heterocycles. The smallest absolute Gasteiger partial charge is 0.363 e. The molecular formula is C20H21Cl2F3N4O. The van der Waals surface area contributed by atoms with E-state index in [0.29, 0.717) is 29.6 Å². The van der Waals surface area contributed by atoms with Gasteiger partial charge >= 0.3 is 6.18 Å². The van der Waals surface area contributed by atoms with Gasteiger partial charge in [0.2, 0.25) is 0 Å². The van der Waals surface area contributed by atoms with E-state index in [1.54, 1.807) is 23.1 Å². The van der Waals surface area contributed by atoms with Crippen LogP contribution in [0.25, 0.3) is 0 Å². The average Bonchev–Trinajstić information content (AvgIpc) is 3.12. The van der Waals surface area contributed by atoms with Crippen LogP contribution in [0.2, 0.25) is 10.0 Å². The van der Waals surface area contributed by atoms with E-state index in [1.165, 1.54) is 6.07 Å². The molecule has 4 rings (SSSR count). The first-order valence-electron chi connectivity index (χ1n) is 9.80. The molecule has 0 unspecified atom stereocenters. The molecule has 1 N–H and O–H groups in total. The first-order chi connectivity index (χ1) is 14.1. The minimum Gasteiger partial charge on any atom is -0.363 e. The fourth-order valence-electron chi connectivity index (χ4n) is 4.00. The molecule has 2 aromatic rings. The number of hydrogen-bond acceptors (Lipinski definition) is 3. The quantitative estimate of drug-likeness (QED) is 0.622. The fraction of sp³-hybridized carbons (Fsp3) is 0.500. The molecule has 5 nitrogen and oxygen atoms in total. The Kier molecular flexibility index (Phi) is 5.66. The molecule has 0 spiro atoms. The van der Waals surface area contributed by atoms with Gasteiger partial charge in [-0.15, -0.1) is 0 Å². The number of nitrogens with zero attached hydrogens (tertiary/aromatic N) is 3. The van der Waals surface area contributed by atoms with Crippen LogP contribution in [0.4, 0.5) is 19.0 Å². The number of hydrogen-bond donors (Lipinski definition) is 1. The Morgan fingerprint density at radius 1 is 1.17 bits per heavy atom. The molecule has 0 bridgehead atoms. The van der Waals surface area contributed by atoms with E-state index in [9.17, 15) is 18.0 Å². The summed E-state index contributed by atoms with van der Waals surface area (Å²) in [5.41, 5.74) is 0.611. The van der Waals surface area contributed by atoms with E-state index in [1.807, 2.05) is 0 Å². The zero-order valence-corrected chi connectivity index (χ0v) is 17.7. The number of amides is 1. The van der Waals surface area contributed by atoms with Crippen molar-refractivity contribution in [1.29, 1.82) is 0 Å². The Bertz CT molecular complexity index is 954. The molecule has 0 aliphatic carbocycles. The lowest BCUT2D eigenvalue weighted by Gasteiger charge is -2.33. The molecule has 3 heterocycles. The highest BCUT2D eigenvalue weighted by Gasteiger charge is 2.47. The number of benzene rings is 1. The number of piperidine rings is 1. The topological polar surface area (TPSA) is 50.2 Å². The monoisotopic (exact) mass is 460 g/mol. The summed E-state index contributed by atoms with van der Waals surface area (Å²) in [5.74, 6) is 0.360. The van der Waals surface area contributed by atoms with Crippen LogP contribution < -0.4 is 5.32 Å². The largest absolute Gasteiger partial charge is 0.410 e. The second-order valence-electron chi connectivity index (χ2n) is 8.00. The Morgan fingerprint density at radius 3 is 2.50 bits per heavy atom. The zero-order valence-electron chi connectivity index (χ0n) is 16.2. The molecule has 0 saturated carbocycles. The lowest BCUT2D eigenvalue weighted by atomic mass is 9.97. The summed E-state index contributed by atoms with van der Waals surface area (Å²) in [5, 5.41) is 7.73. The van der Waals surface area contributed by atoms with Crippen LogP contribution >= 0.6 is 23.2 Å². The van der Waals surface area contributed by atoms with Crippen molar-refractivity contribution in [2.24, 2.45) is 5.92 Å². The molecule has 1 amide bonds. The number of fused-ring (bicyclic) bond motifs is 1. The lowest BCUT2D eigenvalue weighted by Crippen LogP contribution is -2.38. The van der Waals surface area contributed by atoms with Gasteiger partial charge in [-0.25, -0.2) is 4.68 Å². The number of rotatable bonds is 2. The van der Waals surface area contributed by atoms with Crippen molar-refractivity contribution in [3.63, 3.8) is 0 Å². The van der Waals surface area contributed by atoms with Crippen molar-refractivity contribution in [3.8, 4) is 0 Å². The highest BCUT2D eigenvalue weighted by Crippen LogP contribution is 2.44. The lowest BCUT2D eigenvalue weighted by molar-refractivity contribution is -0.173. The van der Waals surface area contributed by atoms with Gasteiger partial charge in [0.25, 0.3) is 5.91 Å². The van der Waals surface area contributed by atoms with Crippen LogP contribution in [-0.2, 0) is 0 Å². The van der Waals surface area contributed by atoms with Gasteiger partial charge in [0.15, 0.2) is 11.7 Å². The van der Waals surface area contributed by atoms with Crippen molar-refractivity contribution in [1.82, 2.24) is 14.7 Å². The third kappa shape index (κ3) is 4.12. The summed E-state index contributed by atoms with van der Waals surface area (Å²) in [6, 6.07) is 3.67.